The second-order valence-corrected chi connectivity index (χ2v) is 3.76. The van der Waals surface area contributed by atoms with Gasteiger partial charge in [0.25, 0.3) is 0 Å². The van der Waals surface area contributed by atoms with Crippen molar-refractivity contribution in [3.05, 3.63) is 34.3 Å². The molecule has 0 aliphatic carbocycles. The molecule has 3 nitrogen and oxygen atoms in total. The van der Waals surface area contributed by atoms with Crippen molar-refractivity contribution in [2.75, 3.05) is 6.61 Å². The molecule has 1 heterocycles. The largest absolute Gasteiger partial charge is 0.447 e. The fourth-order valence-electron chi connectivity index (χ4n) is 1.26. The highest BCUT2D eigenvalue weighted by molar-refractivity contribution is 9.10. The number of carbonyl (C=O) groups excluding carboxylic acids is 1. The first-order chi connectivity index (χ1) is 6.25. The number of carbonyl (C=O) groups is 1. The Labute approximate surface area is 84.2 Å². The van der Waals surface area contributed by atoms with Gasteiger partial charge in [-0.2, -0.15) is 0 Å². The summed E-state index contributed by atoms with van der Waals surface area (Å²) in [5, 5.41) is 2.71. The summed E-state index contributed by atoms with van der Waals surface area (Å²) in [5.41, 5.74) is 1.06. The third kappa shape index (κ3) is 1.83. The van der Waals surface area contributed by atoms with Crippen molar-refractivity contribution >= 4 is 22.0 Å². The molecule has 1 amide bonds. The van der Waals surface area contributed by atoms with E-state index in [0.29, 0.717) is 6.61 Å². The molecule has 1 N–H and O–H groups in total. The molecule has 1 fully saturated rings. The third-order valence-electron chi connectivity index (χ3n) is 1.95. The van der Waals surface area contributed by atoms with E-state index in [4.69, 9.17) is 4.74 Å². The second-order valence-electron chi connectivity index (χ2n) is 2.85. The molecule has 0 saturated carbocycles. The number of benzene rings is 1. The Kier molecular flexibility index (Phi) is 2.22. The Balaban J connectivity index is 2.17. The van der Waals surface area contributed by atoms with Crippen LogP contribution >= 0.6 is 15.9 Å². The molecular formula is C9H8BrNO2. The van der Waals surface area contributed by atoms with Crippen LogP contribution in [0.3, 0.4) is 0 Å². The van der Waals surface area contributed by atoms with Crippen molar-refractivity contribution in [2.24, 2.45) is 0 Å². The van der Waals surface area contributed by atoms with Crippen LogP contribution in [0.4, 0.5) is 4.79 Å². The van der Waals surface area contributed by atoms with Crippen LogP contribution in [0.2, 0.25) is 0 Å². The van der Waals surface area contributed by atoms with Gasteiger partial charge in [-0.1, -0.05) is 28.1 Å². The smallest absolute Gasteiger partial charge is 0.407 e. The topological polar surface area (TPSA) is 38.3 Å². The van der Waals surface area contributed by atoms with E-state index in [1.807, 2.05) is 24.3 Å². The van der Waals surface area contributed by atoms with Crippen molar-refractivity contribution < 1.29 is 9.53 Å². The summed E-state index contributed by atoms with van der Waals surface area (Å²) in [6.45, 7) is 0.417. The Morgan fingerprint density at radius 2 is 2.08 bits per heavy atom. The van der Waals surface area contributed by atoms with Gasteiger partial charge in [0.2, 0.25) is 0 Å². The molecule has 0 radical (unpaired) electrons. The first-order valence-corrected chi connectivity index (χ1v) is 4.74. The van der Waals surface area contributed by atoms with Gasteiger partial charge in [0.15, 0.2) is 0 Å². The fourth-order valence-corrected chi connectivity index (χ4v) is 1.52. The molecule has 1 aliphatic rings. The molecule has 0 spiro atoms. The van der Waals surface area contributed by atoms with Crippen LogP contribution in [0.1, 0.15) is 11.6 Å². The van der Waals surface area contributed by atoms with Crippen LogP contribution in [0.25, 0.3) is 0 Å². The van der Waals surface area contributed by atoms with Crippen LogP contribution in [0.15, 0.2) is 28.7 Å². The number of hydrogen-bond acceptors (Lipinski definition) is 2. The van der Waals surface area contributed by atoms with E-state index >= 15 is 0 Å². The zero-order valence-electron chi connectivity index (χ0n) is 6.79. The Morgan fingerprint density at radius 3 is 2.62 bits per heavy atom. The third-order valence-corrected chi connectivity index (χ3v) is 2.47. The van der Waals surface area contributed by atoms with Crippen molar-refractivity contribution in [2.45, 2.75) is 6.04 Å². The Bertz CT molecular complexity index is 323. The summed E-state index contributed by atoms with van der Waals surface area (Å²) in [5.74, 6) is 0. The van der Waals surface area contributed by atoms with Gasteiger partial charge >= 0.3 is 6.09 Å². The van der Waals surface area contributed by atoms with E-state index in [9.17, 15) is 4.79 Å². The minimum absolute atomic E-state index is 0.000556. The second kappa shape index (κ2) is 3.38. The molecule has 1 saturated heterocycles. The molecule has 4 heteroatoms. The standard InChI is InChI=1S/C9H8BrNO2/c10-7-3-1-6(2-4-7)8-5-13-9(12)11-8/h1-4,8H,5H2,(H,11,12)/t8-/m0/s1. The Morgan fingerprint density at radius 1 is 1.38 bits per heavy atom. The summed E-state index contributed by atoms with van der Waals surface area (Å²) >= 11 is 3.35. The van der Waals surface area contributed by atoms with E-state index in [1.165, 1.54) is 0 Å². The number of alkyl carbamates (subject to hydrolysis) is 1. The monoisotopic (exact) mass is 241 g/mol. The van der Waals surface area contributed by atoms with E-state index in [2.05, 4.69) is 21.2 Å². The van der Waals surface area contributed by atoms with E-state index in [1.54, 1.807) is 0 Å². The van der Waals surface area contributed by atoms with Crippen LogP contribution in [0.5, 0.6) is 0 Å². The zero-order chi connectivity index (χ0) is 9.26. The quantitative estimate of drug-likeness (QED) is 0.819. The maximum Gasteiger partial charge on any atom is 0.407 e. The van der Waals surface area contributed by atoms with E-state index in [-0.39, 0.29) is 12.1 Å². The van der Waals surface area contributed by atoms with E-state index < -0.39 is 0 Å². The molecule has 13 heavy (non-hydrogen) atoms. The van der Waals surface area contributed by atoms with E-state index in [0.717, 1.165) is 10.0 Å². The van der Waals surface area contributed by atoms with Crippen LogP contribution in [-0.4, -0.2) is 12.7 Å². The molecule has 0 bridgehead atoms. The van der Waals surface area contributed by atoms with Crippen molar-refractivity contribution in [1.82, 2.24) is 5.32 Å². The SMILES string of the molecule is O=C1N[C@H](c2ccc(Br)cc2)CO1. The number of hydrogen-bond donors (Lipinski definition) is 1. The molecule has 68 valence electrons. The van der Waals surface area contributed by atoms with Crippen LogP contribution < -0.4 is 5.32 Å². The molecule has 1 atom stereocenters. The minimum atomic E-state index is -0.340. The van der Waals surface area contributed by atoms with Crippen LogP contribution in [0, 0.1) is 0 Å². The molecular weight excluding hydrogens is 234 g/mol. The molecule has 1 aromatic carbocycles. The molecule has 0 aromatic heterocycles. The number of amides is 1. The lowest BCUT2D eigenvalue weighted by atomic mass is 10.1. The van der Waals surface area contributed by atoms with Crippen molar-refractivity contribution in [3.63, 3.8) is 0 Å². The lowest BCUT2D eigenvalue weighted by Crippen LogP contribution is -2.18. The van der Waals surface area contributed by atoms with Gasteiger partial charge in [0.05, 0.1) is 6.04 Å². The predicted octanol–water partition coefficient (Wildman–Crippen LogP) is 2.23. The molecule has 1 aliphatic heterocycles. The van der Waals surface area contributed by atoms with Gasteiger partial charge < -0.3 is 10.1 Å². The Hall–Kier alpha value is -1.03. The molecule has 0 unspecified atom stereocenters. The van der Waals surface area contributed by atoms with Crippen molar-refractivity contribution in [3.8, 4) is 0 Å². The normalized spacial score (nSPS) is 21.0. The zero-order valence-corrected chi connectivity index (χ0v) is 8.37. The number of halogens is 1. The summed E-state index contributed by atoms with van der Waals surface area (Å²) < 4.78 is 5.82. The molecule has 1 aromatic rings. The first kappa shape index (κ1) is 8.56. The average Bonchev–Trinajstić information content (AvgIpc) is 2.53. The number of rotatable bonds is 1. The lowest BCUT2D eigenvalue weighted by molar-refractivity contribution is 0.177. The summed E-state index contributed by atoms with van der Waals surface area (Å²) in [6.07, 6.45) is -0.340. The minimum Gasteiger partial charge on any atom is -0.447 e. The van der Waals surface area contributed by atoms with Gasteiger partial charge in [-0.15, -0.1) is 0 Å². The van der Waals surface area contributed by atoms with Gasteiger partial charge in [-0.25, -0.2) is 4.79 Å². The average molecular weight is 242 g/mol. The number of cyclic esters (lactones) is 1. The maximum atomic E-state index is 10.8. The highest BCUT2D eigenvalue weighted by Gasteiger charge is 2.23. The van der Waals surface area contributed by atoms with Crippen LogP contribution in [-0.2, 0) is 4.74 Å². The summed E-state index contributed by atoms with van der Waals surface area (Å²) in [6, 6.07) is 7.81. The highest BCUT2D eigenvalue weighted by Crippen LogP contribution is 2.20. The van der Waals surface area contributed by atoms with Gasteiger partial charge in [0, 0.05) is 4.47 Å². The fraction of sp³-hybridized carbons (Fsp3) is 0.222. The highest BCUT2D eigenvalue weighted by atomic mass is 79.9. The maximum absolute atomic E-state index is 10.8. The summed E-state index contributed by atoms with van der Waals surface area (Å²) in [4.78, 5) is 10.8. The first-order valence-electron chi connectivity index (χ1n) is 3.94. The number of ether oxygens (including phenoxy) is 1. The molecule has 2 rings (SSSR count). The van der Waals surface area contributed by atoms with Crippen molar-refractivity contribution in [1.29, 1.82) is 0 Å². The summed E-state index contributed by atoms with van der Waals surface area (Å²) in [7, 11) is 0. The van der Waals surface area contributed by atoms with Gasteiger partial charge in [-0.05, 0) is 17.7 Å². The lowest BCUT2D eigenvalue weighted by Gasteiger charge is -2.06. The van der Waals surface area contributed by atoms with Gasteiger partial charge in [0.1, 0.15) is 6.61 Å². The number of nitrogens with one attached hydrogen (secondary N) is 1. The van der Waals surface area contributed by atoms with Gasteiger partial charge in [-0.3, -0.25) is 0 Å². The predicted molar refractivity (Wildman–Crippen MR) is 51.4 cm³/mol.